The van der Waals surface area contributed by atoms with E-state index in [9.17, 15) is 4.79 Å². The van der Waals surface area contributed by atoms with Crippen LogP contribution in [-0.4, -0.2) is 49.5 Å². The van der Waals surface area contributed by atoms with E-state index in [0.717, 1.165) is 46.9 Å². The van der Waals surface area contributed by atoms with Gasteiger partial charge in [0.25, 0.3) is 5.91 Å². The van der Waals surface area contributed by atoms with E-state index in [1.54, 1.807) is 13.3 Å². The average Bonchev–Trinajstić information content (AvgIpc) is 3.27. The summed E-state index contributed by atoms with van der Waals surface area (Å²) in [6.07, 6.45) is 1.74. The third kappa shape index (κ3) is 4.31. The summed E-state index contributed by atoms with van der Waals surface area (Å²) in [5.41, 5.74) is 5.70. The van der Waals surface area contributed by atoms with E-state index in [0.29, 0.717) is 25.3 Å². The van der Waals surface area contributed by atoms with Gasteiger partial charge in [-0.15, -0.1) is 0 Å². The predicted molar refractivity (Wildman–Crippen MR) is 116 cm³/mol. The Kier molecular flexibility index (Phi) is 5.99. The van der Waals surface area contributed by atoms with Gasteiger partial charge in [-0.25, -0.2) is 0 Å². The Morgan fingerprint density at radius 2 is 1.97 bits per heavy atom. The molecule has 0 saturated carbocycles. The van der Waals surface area contributed by atoms with Crippen LogP contribution in [0.2, 0.25) is 0 Å². The summed E-state index contributed by atoms with van der Waals surface area (Å²) in [6.45, 7) is 5.56. The lowest BCUT2D eigenvalue weighted by Crippen LogP contribution is -2.36. The van der Waals surface area contributed by atoms with Crippen molar-refractivity contribution in [3.63, 3.8) is 0 Å². The molecule has 0 bridgehead atoms. The molecule has 2 aromatic carbocycles. The monoisotopic (exact) mass is 406 g/mol. The molecule has 0 radical (unpaired) electrons. The molecule has 3 aromatic rings. The number of benzene rings is 2. The zero-order valence-electron chi connectivity index (χ0n) is 17.3. The second kappa shape index (κ2) is 9.00. The number of hydrogen-bond acceptors (Lipinski definition) is 5. The van der Waals surface area contributed by atoms with Crippen molar-refractivity contribution < 1.29 is 14.3 Å². The molecule has 1 saturated heterocycles. The molecule has 1 aromatic heterocycles. The first kappa shape index (κ1) is 20.0. The van der Waals surface area contributed by atoms with Gasteiger partial charge in [-0.1, -0.05) is 6.07 Å². The molecular weight excluding hydrogens is 380 g/mol. The first-order valence-electron chi connectivity index (χ1n) is 10.0. The molecule has 156 valence electrons. The molecule has 0 aliphatic carbocycles. The number of methoxy groups -OCH3 is 1. The van der Waals surface area contributed by atoms with E-state index in [1.165, 1.54) is 0 Å². The quantitative estimate of drug-likeness (QED) is 0.657. The van der Waals surface area contributed by atoms with Gasteiger partial charge in [0.15, 0.2) is 0 Å². The number of carbonyl (C=O) groups excluding carboxylic acids is 1. The zero-order chi connectivity index (χ0) is 20.9. The second-order valence-corrected chi connectivity index (χ2v) is 7.28. The Hall–Kier alpha value is -3.32. The van der Waals surface area contributed by atoms with Crippen LogP contribution in [0.5, 0.6) is 5.75 Å². The van der Waals surface area contributed by atoms with Gasteiger partial charge in [0.2, 0.25) is 0 Å². The van der Waals surface area contributed by atoms with Gasteiger partial charge in [-0.05, 0) is 48.9 Å². The van der Waals surface area contributed by atoms with E-state index >= 15 is 0 Å². The van der Waals surface area contributed by atoms with Gasteiger partial charge in [0.1, 0.15) is 5.75 Å². The van der Waals surface area contributed by atoms with Crippen molar-refractivity contribution >= 4 is 11.6 Å². The van der Waals surface area contributed by atoms with Gasteiger partial charge in [-0.3, -0.25) is 9.89 Å². The molecule has 0 spiro atoms. The number of rotatable bonds is 6. The van der Waals surface area contributed by atoms with Gasteiger partial charge in [0, 0.05) is 42.0 Å². The Morgan fingerprint density at radius 3 is 2.70 bits per heavy atom. The molecule has 4 rings (SSSR count). The minimum Gasteiger partial charge on any atom is -0.497 e. The van der Waals surface area contributed by atoms with E-state index in [4.69, 9.17) is 9.47 Å². The van der Waals surface area contributed by atoms with Gasteiger partial charge < -0.3 is 19.7 Å². The molecule has 2 N–H and O–H groups in total. The summed E-state index contributed by atoms with van der Waals surface area (Å²) in [5, 5.41) is 10.2. The van der Waals surface area contributed by atoms with Gasteiger partial charge in [0.05, 0.1) is 32.2 Å². The Balaban J connectivity index is 1.46. The predicted octanol–water partition coefficient (Wildman–Crippen LogP) is 3.16. The Labute approximate surface area is 176 Å². The van der Waals surface area contributed by atoms with Crippen LogP contribution in [-0.2, 0) is 11.3 Å². The first-order chi connectivity index (χ1) is 14.7. The lowest BCUT2D eigenvalue weighted by Gasteiger charge is -2.30. The van der Waals surface area contributed by atoms with Crippen LogP contribution in [0.25, 0.3) is 11.3 Å². The highest BCUT2D eigenvalue weighted by atomic mass is 16.5. The fourth-order valence-corrected chi connectivity index (χ4v) is 3.63. The third-order valence-corrected chi connectivity index (χ3v) is 5.36. The standard InChI is InChI=1S/C23H26N4O3/c1-16-3-4-18(13-21(16)27-9-11-30-12-10-27)23(28)24-14-19-15-25-26-22(19)17-5-7-20(29-2)8-6-17/h3-8,13,15H,9-12,14H2,1-2H3,(H,24,28)(H,25,26). The van der Waals surface area contributed by atoms with Crippen LogP contribution in [0.1, 0.15) is 21.5 Å². The third-order valence-electron chi connectivity index (χ3n) is 5.36. The summed E-state index contributed by atoms with van der Waals surface area (Å²) < 4.78 is 10.7. The molecule has 0 atom stereocenters. The molecular formula is C23H26N4O3. The summed E-state index contributed by atoms with van der Waals surface area (Å²) in [6, 6.07) is 13.6. The number of amides is 1. The summed E-state index contributed by atoms with van der Waals surface area (Å²) in [5.74, 6) is 0.690. The maximum Gasteiger partial charge on any atom is 0.251 e. The lowest BCUT2D eigenvalue weighted by atomic mass is 10.1. The molecule has 0 unspecified atom stereocenters. The highest BCUT2D eigenvalue weighted by Gasteiger charge is 2.16. The molecule has 7 heteroatoms. The number of anilines is 1. The number of ether oxygens (including phenoxy) is 2. The van der Waals surface area contributed by atoms with Crippen LogP contribution in [0.3, 0.4) is 0 Å². The number of nitrogens with one attached hydrogen (secondary N) is 2. The smallest absolute Gasteiger partial charge is 0.251 e. The molecule has 30 heavy (non-hydrogen) atoms. The highest BCUT2D eigenvalue weighted by Crippen LogP contribution is 2.25. The van der Waals surface area contributed by atoms with E-state index in [1.807, 2.05) is 42.5 Å². The van der Waals surface area contributed by atoms with Crippen LogP contribution >= 0.6 is 0 Å². The normalized spacial score (nSPS) is 13.9. The van der Waals surface area contributed by atoms with Crippen molar-refractivity contribution in [2.45, 2.75) is 13.5 Å². The topological polar surface area (TPSA) is 79.5 Å². The van der Waals surface area contributed by atoms with Crippen molar-refractivity contribution in [2.24, 2.45) is 0 Å². The van der Waals surface area contributed by atoms with Crippen molar-refractivity contribution in [3.05, 3.63) is 65.4 Å². The highest BCUT2D eigenvalue weighted by molar-refractivity contribution is 5.95. The number of aryl methyl sites for hydroxylation is 1. The molecule has 1 fully saturated rings. The first-order valence-corrected chi connectivity index (χ1v) is 10.0. The van der Waals surface area contributed by atoms with Crippen molar-refractivity contribution in [1.29, 1.82) is 0 Å². The number of aromatic nitrogens is 2. The Morgan fingerprint density at radius 1 is 1.20 bits per heavy atom. The fourth-order valence-electron chi connectivity index (χ4n) is 3.63. The summed E-state index contributed by atoms with van der Waals surface area (Å²) in [7, 11) is 1.64. The van der Waals surface area contributed by atoms with Gasteiger partial charge >= 0.3 is 0 Å². The largest absolute Gasteiger partial charge is 0.497 e. The molecule has 7 nitrogen and oxygen atoms in total. The number of H-pyrrole nitrogens is 1. The summed E-state index contributed by atoms with van der Waals surface area (Å²) >= 11 is 0. The number of hydrogen-bond donors (Lipinski definition) is 2. The van der Waals surface area contributed by atoms with Crippen LogP contribution in [0.4, 0.5) is 5.69 Å². The summed E-state index contributed by atoms with van der Waals surface area (Å²) in [4.78, 5) is 15.1. The number of aromatic amines is 1. The van der Waals surface area contributed by atoms with Crippen LogP contribution in [0.15, 0.2) is 48.7 Å². The maximum absolute atomic E-state index is 12.8. The number of carbonyl (C=O) groups is 1. The lowest BCUT2D eigenvalue weighted by molar-refractivity contribution is 0.0951. The minimum atomic E-state index is -0.105. The van der Waals surface area contributed by atoms with Crippen LogP contribution < -0.4 is 15.0 Å². The average molecular weight is 406 g/mol. The molecule has 1 aliphatic heterocycles. The van der Waals surface area contributed by atoms with E-state index in [2.05, 4.69) is 27.3 Å². The van der Waals surface area contributed by atoms with Crippen LogP contribution in [0, 0.1) is 6.92 Å². The molecule has 2 heterocycles. The van der Waals surface area contributed by atoms with Crippen molar-refractivity contribution in [3.8, 4) is 17.0 Å². The molecule has 1 aliphatic rings. The molecule has 1 amide bonds. The minimum absolute atomic E-state index is 0.105. The Bertz CT molecular complexity index is 1010. The van der Waals surface area contributed by atoms with E-state index in [-0.39, 0.29) is 5.91 Å². The van der Waals surface area contributed by atoms with Gasteiger partial charge in [-0.2, -0.15) is 5.10 Å². The van der Waals surface area contributed by atoms with E-state index < -0.39 is 0 Å². The number of nitrogens with zero attached hydrogens (tertiary/aromatic N) is 2. The second-order valence-electron chi connectivity index (χ2n) is 7.28. The zero-order valence-corrected chi connectivity index (χ0v) is 17.3. The SMILES string of the molecule is COc1ccc(-c2[nH]ncc2CNC(=O)c2ccc(C)c(N3CCOCC3)c2)cc1. The van der Waals surface area contributed by atoms with Crippen molar-refractivity contribution in [2.75, 3.05) is 38.3 Å². The maximum atomic E-state index is 12.8. The number of morpholine rings is 1. The van der Waals surface area contributed by atoms with Crippen molar-refractivity contribution in [1.82, 2.24) is 15.5 Å². The fraction of sp³-hybridized carbons (Fsp3) is 0.304.